The van der Waals surface area contributed by atoms with Crippen molar-refractivity contribution in [3.63, 3.8) is 0 Å². The molecule has 0 saturated heterocycles. The second-order valence-corrected chi connectivity index (χ2v) is 2.84. The standard InChI is InChI=1S/C10H14N2O2.CH2O/c1-2-8-12(10(11)13)14-9-6-4-3-5-7-9;1-2/h3-7H,2,8H2,1H3,(H2,11,13);1H2. The predicted octanol–water partition coefficient (Wildman–Crippen LogP) is 1.59. The highest BCUT2D eigenvalue weighted by molar-refractivity contribution is 5.70. The van der Waals surface area contributed by atoms with Crippen LogP contribution in [0.3, 0.4) is 0 Å². The molecule has 88 valence electrons. The van der Waals surface area contributed by atoms with E-state index < -0.39 is 6.03 Å². The van der Waals surface area contributed by atoms with Crippen molar-refractivity contribution < 1.29 is 14.4 Å². The number of carbonyl (C=O) groups excluding carboxylic acids is 2. The average Bonchev–Trinajstić information content (AvgIpc) is 2.32. The Hall–Kier alpha value is -2.04. The first-order valence-electron chi connectivity index (χ1n) is 4.83. The molecule has 16 heavy (non-hydrogen) atoms. The molecular weight excluding hydrogens is 208 g/mol. The molecule has 1 aromatic rings. The molecule has 5 heteroatoms. The summed E-state index contributed by atoms with van der Waals surface area (Å²) in [7, 11) is 0. The van der Waals surface area contributed by atoms with Crippen molar-refractivity contribution in [3.05, 3.63) is 30.3 Å². The molecule has 0 radical (unpaired) electrons. The molecule has 5 nitrogen and oxygen atoms in total. The van der Waals surface area contributed by atoms with Crippen molar-refractivity contribution in [1.29, 1.82) is 0 Å². The minimum Gasteiger partial charge on any atom is -0.375 e. The van der Waals surface area contributed by atoms with Crippen molar-refractivity contribution in [2.24, 2.45) is 5.73 Å². The second kappa shape index (κ2) is 8.28. The van der Waals surface area contributed by atoms with Crippen LogP contribution < -0.4 is 10.6 Å². The summed E-state index contributed by atoms with van der Waals surface area (Å²) in [6, 6.07) is 8.51. The van der Waals surface area contributed by atoms with Crippen molar-refractivity contribution >= 4 is 12.8 Å². The molecule has 0 atom stereocenters. The van der Waals surface area contributed by atoms with Gasteiger partial charge in [-0.15, -0.1) is 0 Å². The predicted molar refractivity (Wildman–Crippen MR) is 60.8 cm³/mol. The molecule has 0 heterocycles. The molecule has 0 aliphatic rings. The van der Waals surface area contributed by atoms with Crippen LogP contribution in [-0.4, -0.2) is 24.4 Å². The van der Waals surface area contributed by atoms with E-state index >= 15 is 0 Å². The van der Waals surface area contributed by atoms with E-state index in [0.29, 0.717) is 12.3 Å². The van der Waals surface area contributed by atoms with Crippen molar-refractivity contribution in [1.82, 2.24) is 5.06 Å². The lowest BCUT2D eigenvalue weighted by Crippen LogP contribution is -2.38. The van der Waals surface area contributed by atoms with Crippen LogP contribution in [0.4, 0.5) is 4.79 Å². The number of para-hydroxylation sites is 1. The maximum atomic E-state index is 10.9. The van der Waals surface area contributed by atoms with Crippen LogP contribution in [-0.2, 0) is 4.79 Å². The molecule has 0 bridgehead atoms. The van der Waals surface area contributed by atoms with Crippen molar-refractivity contribution in [2.45, 2.75) is 13.3 Å². The minimum atomic E-state index is -0.573. The van der Waals surface area contributed by atoms with Crippen LogP contribution in [0.15, 0.2) is 30.3 Å². The number of nitrogens with two attached hydrogens (primary N) is 1. The highest BCUT2D eigenvalue weighted by Crippen LogP contribution is 2.10. The third-order valence-electron chi connectivity index (χ3n) is 1.63. The largest absolute Gasteiger partial charge is 0.375 e. The molecule has 1 aromatic carbocycles. The Labute approximate surface area is 94.8 Å². The van der Waals surface area contributed by atoms with Gasteiger partial charge in [-0.2, -0.15) is 5.06 Å². The Kier molecular flexibility index (Phi) is 7.23. The second-order valence-electron chi connectivity index (χ2n) is 2.84. The first-order chi connectivity index (χ1) is 7.74. The average molecular weight is 224 g/mol. The Morgan fingerprint density at radius 2 is 1.94 bits per heavy atom. The number of urea groups is 1. The Morgan fingerprint density at radius 3 is 2.38 bits per heavy atom. The Bertz CT molecular complexity index is 303. The number of hydrogen-bond donors (Lipinski definition) is 1. The van der Waals surface area contributed by atoms with Gasteiger partial charge in [-0.05, 0) is 18.6 Å². The first-order valence-corrected chi connectivity index (χ1v) is 4.83. The Morgan fingerprint density at radius 1 is 1.38 bits per heavy atom. The van der Waals surface area contributed by atoms with Gasteiger partial charge in [0.05, 0.1) is 6.54 Å². The third kappa shape index (κ3) is 4.99. The van der Waals surface area contributed by atoms with Gasteiger partial charge in [0.15, 0.2) is 5.75 Å². The van der Waals surface area contributed by atoms with Crippen LogP contribution >= 0.6 is 0 Å². The summed E-state index contributed by atoms with van der Waals surface area (Å²) < 4.78 is 0. The summed E-state index contributed by atoms with van der Waals surface area (Å²) in [6.07, 6.45) is 0.801. The molecule has 0 saturated carbocycles. The molecular formula is C11H16N2O3. The van der Waals surface area contributed by atoms with Crippen molar-refractivity contribution in [3.8, 4) is 5.75 Å². The van der Waals surface area contributed by atoms with E-state index in [0.717, 1.165) is 11.5 Å². The lowest BCUT2D eigenvalue weighted by Gasteiger charge is -2.19. The molecule has 0 aromatic heterocycles. The number of carbonyl (C=O) groups is 2. The lowest BCUT2D eigenvalue weighted by atomic mass is 10.3. The fourth-order valence-corrected chi connectivity index (χ4v) is 1.01. The minimum absolute atomic E-state index is 0.490. The summed E-state index contributed by atoms with van der Waals surface area (Å²) in [5.41, 5.74) is 5.13. The summed E-state index contributed by atoms with van der Waals surface area (Å²) in [5, 5.41) is 1.15. The maximum Gasteiger partial charge on any atom is 0.347 e. The maximum absolute atomic E-state index is 10.9. The van der Waals surface area contributed by atoms with Gasteiger partial charge in [0.25, 0.3) is 0 Å². The van der Waals surface area contributed by atoms with E-state index in [2.05, 4.69) is 0 Å². The molecule has 2 N–H and O–H groups in total. The van der Waals surface area contributed by atoms with E-state index in [4.69, 9.17) is 15.4 Å². The summed E-state index contributed by atoms with van der Waals surface area (Å²) >= 11 is 0. The fraction of sp³-hybridized carbons (Fsp3) is 0.273. The van der Waals surface area contributed by atoms with Gasteiger partial charge < -0.3 is 15.4 Å². The quantitative estimate of drug-likeness (QED) is 0.789. The number of hydrogen-bond acceptors (Lipinski definition) is 3. The van der Waals surface area contributed by atoms with Gasteiger partial charge in [0, 0.05) is 0 Å². The van der Waals surface area contributed by atoms with Crippen LogP contribution in [0.1, 0.15) is 13.3 Å². The zero-order valence-electron chi connectivity index (χ0n) is 9.26. The van der Waals surface area contributed by atoms with Crippen LogP contribution in [0.25, 0.3) is 0 Å². The third-order valence-corrected chi connectivity index (χ3v) is 1.63. The summed E-state index contributed by atoms with van der Waals surface area (Å²) in [6.45, 7) is 4.44. The topological polar surface area (TPSA) is 72.6 Å². The van der Waals surface area contributed by atoms with E-state index in [1.54, 1.807) is 12.1 Å². The van der Waals surface area contributed by atoms with Crippen LogP contribution in [0, 0.1) is 0 Å². The summed E-state index contributed by atoms with van der Waals surface area (Å²) in [4.78, 5) is 24.2. The summed E-state index contributed by atoms with van der Waals surface area (Å²) in [5.74, 6) is 0.611. The molecule has 0 fully saturated rings. The van der Waals surface area contributed by atoms with E-state index in [9.17, 15) is 4.79 Å². The smallest absolute Gasteiger partial charge is 0.347 e. The number of benzene rings is 1. The number of primary amides is 1. The van der Waals surface area contributed by atoms with Gasteiger partial charge in [0.2, 0.25) is 0 Å². The molecule has 0 spiro atoms. The normalized spacial score (nSPS) is 8.56. The highest BCUT2D eigenvalue weighted by atomic mass is 16.7. The highest BCUT2D eigenvalue weighted by Gasteiger charge is 2.09. The van der Waals surface area contributed by atoms with E-state index in [1.807, 2.05) is 31.9 Å². The number of amides is 2. The first kappa shape index (κ1) is 14.0. The van der Waals surface area contributed by atoms with Gasteiger partial charge in [-0.1, -0.05) is 25.1 Å². The molecule has 0 unspecified atom stereocenters. The fourth-order valence-electron chi connectivity index (χ4n) is 1.01. The van der Waals surface area contributed by atoms with E-state index in [1.165, 1.54) is 0 Å². The number of rotatable bonds is 4. The van der Waals surface area contributed by atoms with E-state index in [-0.39, 0.29) is 0 Å². The molecule has 0 aliphatic heterocycles. The number of nitrogens with zero attached hydrogens (tertiary/aromatic N) is 1. The molecule has 1 rings (SSSR count). The Balaban J connectivity index is 0.00000106. The van der Waals surface area contributed by atoms with Crippen LogP contribution in [0.2, 0.25) is 0 Å². The monoisotopic (exact) mass is 224 g/mol. The lowest BCUT2D eigenvalue weighted by molar-refractivity contribution is -0.0979. The molecule has 0 aliphatic carbocycles. The number of hydroxylamine groups is 2. The van der Waals surface area contributed by atoms with Crippen LogP contribution in [0.5, 0.6) is 5.75 Å². The van der Waals surface area contributed by atoms with Gasteiger partial charge >= 0.3 is 6.03 Å². The zero-order valence-corrected chi connectivity index (χ0v) is 9.26. The van der Waals surface area contributed by atoms with Crippen molar-refractivity contribution in [2.75, 3.05) is 6.54 Å². The zero-order chi connectivity index (χ0) is 12.4. The molecule has 2 amide bonds. The van der Waals surface area contributed by atoms with Gasteiger partial charge in [0.1, 0.15) is 6.79 Å². The van der Waals surface area contributed by atoms with Gasteiger partial charge in [-0.25, -0.2) is 4.79 Å². The van der Waals surface area contributed by atoms with Gasteiger partial charge in [-0.3, -0.25) is 0 Å². The SMILES string of the molecule is C=O.CCCN(Oc1ccccc1)C(N)=O.